The topological polar surface area (TPSA) is 85.0 Å². The summed E-state index contributed by atoms with van der Waals surface area (Å²) >= 11 is 0. The number of benzene rings is 1. The zero-order chi connectivity index (χ0) is 16.9. The first-order valence-electron chi connectivity index (χ1n) is 7.74. The molecule has 0 spiro atoms. The van der Waals surface area contributed by atoms with Crippen LogP contribution in [0.1, 0.15) is 24.3 Å². The average Bonchev–Trinajstić information content (AvgIpc) is 3.22. The van der Waals surface area contributed by atoms with E-state index in [1.165, 1.54) is 0 Å². The van der Waals surface area contributed by atoms with Gasteiger partial charge in [-0.15, -0.1) is 0 Å². The summed E-state index contributed by atoms with van der Waals surface area (Å²) in [4.78, 5) is 12.7. The number of nitrogens with one attached hydrogen (secondary N) is 2. The van der Waals surface area contributed by atoms with Crippen LogP contribution in [0.5, 0.6) is 0 Å². The highest BCUT2D eigenvalue weighted by Gasteiger charge is 2.22. The zero-order valence-corrected chi connectivity index (χ0v) is 13.6. The van der Waals surface area contributed by atoms with E-state index in [4.69, 9.17) is 4.52 Å². The third kappa shape index (κ3) is 3.62. The fraction of sp³-hybridized carbons (Fsp3) is 0.235. The van der Waals surface area contributed by atoms with E-state index in [2.05, 4.69) is 20.9 Å². The highest BCUT2D eigenvalue weighted by molar-refractivity contribution is 5.96. The molecule has 2 N–H and O–H groups in total. The van der Waals surface area contributed by atoms with Gasteiger partial charge in [-0.2, -0.15) is 5.10 Å². The van der Waals surface area contributed by atoms with Gasteiger partial charge in [0.25, 0.3) is 5.91 Å². The molecule has 3 aromatic rings. The monoisotopic (exact) mass is 325 g/mol. The molecular formula is C17H19N5O2. The fourth-order valence-corrected chi connectivity index (χ4v) is 2.35. The Bertz CT molecular complexity index is 809. The third-order valence-corrected chi connectivity index (χ3v) is 3.54. The lowest BCUT2D eigenvalue weighted by molar-refractivity contribution is -0.117. The van der Waals surface area contributed by atoms with Crippen LogP contribution < -0.4 is 10.6 Å². The van der Waals surface area contributed by atoms with Crippen LogP contribution in [0.25, 0.3) is 0 Å². The quantitative estimate of drug-likeness (QED) is 0.728. The van der Waals surface area contributed by atoms with Crippen LogP contribution in [0.15, 0.2) is 53.3 Å². The van der Waals surface area contributed by atoms with Crippen LogP contribution in [0, 0.1) is 6.92 Å². The number of aromatic nitrogens is 3. The molecule has 24 heavy (non-hydrogen) atoms. The third-order valence-electron chi connectivity index (χ3n) is 3.54. The van der Waals surface area contributed by atoms with Crippen LogP contribution in [0.2, 0.25) is 0 Å². The van der Waals surface area contributed by atoms with Gasteiger partial charge in [0.15, 0.2) is 5.82 Å². The van der Waals surface area contributed by atoms with Gasteiger partial charge in [-0.3, -0.25) is 9.48 Å². The molecule has 0 saturated heterocycles. The molecule has 0 radical (unpaired) electrons. The molecule has 0 saturated carbocycles. The number of rotatable bonds is 6. The number of carbonyl (C=O) groups is 1. The van der Waals surface area contributed by atoms with Crippen LogP contribution in [-0.4, -0.2) is 20.8 Å². The second kappa shape index (κ2) is 6.99. The Morgan fingerprint density at radius 1 is 1.33 bits per heavy atom. The minimum Gasteiger partial charge on any atom is -0.368 e. The van der Waals surface area contributed by atoms with Gasteiger partial charge in [0, 0.05) is 18.8 Å². The Morgan fingerprint density at radius 2 is 2.12 bits per heavy atom. The number of carbonyl (C=O) groups excluding carboxylic acids is 1. The molecule has 1 aromatic carbocycles. The van der Waals surface area contributed by atoms with Crippen LogP contribution in [0.4, 0.5) is 11.5 Å². The van der Waals surface area contributed by atoms with Crippen LogP contribution in [0.3, 0.4) is 0 Å². The molecule has 0 aliphatic heterocycles. The molecule has 7 nitrogen and oxygen atoms in total. The van der Waals surface area contributed by atoms with Crippen molar-refractivity contribution >= 4 is 17.4 Å². The average molecular weight is 325 g/mol. The smallest absolute Gasteiger partial charge is 0.252 e. The van der Waals surface area contributed by atoms with Crippen molar-refractivity contribution in [3.63, 3.8) is 0 Å². The predicted octanol–water partition coefficient (Wildman–Crippen LogP) is 2.99. The number of aryl methyl sites for hydroxylation is 2. The largest absolute Gasteiger partial charge is 0.368 e. The van der Waals surface area contributed by atoms with Crippen molar-refractivity contribution < 1.29 is 9.32 Å². The second-order valence-corrected chi connectivity index (χ2v) is 5.38. The summed E-state index contributed by atoms with van der Waals surface area (Å²) in [6.07, 6.45) is 3.57. The highest BCUT2D eigenvalue weighted by atomic mass is 16.5. The number of nitrogens with zero attached hydrogens (tertiary/aromatic N) is 3. The molecule has 0 bridgehead atoms. The predicted molar refractivity (Wildman–Crippen MR) is 90.6 cm³/mol. The second-order valence-electron chi connectivity index (χ2n) is 5.38. The van der Waals surface area contributed by atoms with Crippen molar-refractivity contribution in [3.05, 3.63) is 60.1 Å². The van der Waals surface area contributed by atoms with E-state index in [-0.39, 0.29) is 5.91 Å². The first kappa shape index (κ1) is 15.8. The maximum Gasteiger partial charge on any atom is 0.252 e. The van der Waals surface area contributed by atoms with E-state index < -0.39 is 6.04 Å². The Balaban J connectivity index is 1.82. The summed E-state index contributed by atoms with van der Waals surface area (Å²) in [5.74, 6) is 0.807. The summed E-state index contributed by atoms with van der Waals surface area (Å²) in [7, 11) is 0. The molecule has 0 fully saturated rings. The van der Waals surface area contributed by atoms with Crippen molar-refractivity contribution in [1.82, 2.24) is 14.9 Å². The lowest BCUT2D eigenvalue weighted by atomic mass is 10.1. The molecule has 3 rings (SSSR count). The summed E-state index contributed by atoms with van der Waals surface area (Å²) < 4.78 is 6.78. The molecule has 0 aliphatic rings. The van der Waals surface area contributed by atoms with Crippen molar-refractivity contribution in [2.75, 3.05) is 10.6 Å². The van der Waals surface area contributed by atoms with Gasteiger partial charge in [-0.05, 0) is 19.4 Å². The van der Waals surface area contributed by atoms with Gasteiger partial charge >= 0.3 is 0 Å². The Kier molecular flexibility index (Phi) is 4.60. The first-order valence-corrected chi connectivity index (χ1v) is 7.74. The lowest BCUT2D eigenvalue weighted by Gasteiger charge is -2.18. The van der Waals surface area contributed by atoms with E-state index >= 15 is 0 Å². The van der Waals surface area contributed by atoms with Crippen molar-refractivity contribution in [3.8, 4) is 0 Å². The molecule has 7 heteroatoms. The van der Waals surface area contributed by atoms with Crippen LogP contribution in [-0.2, 0) is 11.3 Å². The molecule has 0 aliphatic carbocycles. The maximum atomic E-state index is 12.7. The van der Waals surface area contributed by atoms with Gasteiger partial charge < -0.3 is 15.2 Å². The van der Waals surface area contributed by atoms with E-state index in [1.54, 1.807) is 23.9 Å². The molecule has 124 valence electrons. The first-order chi connectivity index (χ1) is 11.7. The summed E-state index contributed by atoms with van der Waals surface area (Å²) in [5.41, 5.74) is 1.62. The highest BCUT2D eigenvalue weighted by Crippen LogP contribution is 2.21. The number of hydrogen-bond acceptors (Lipinski definition) is 5. The van der Waals surface area contributed by atoms with Gasteiger partial charge in [0.2, 0.25) is 0 Å². The normalized spacial score (nSPS) is 11.9. The van der Waals surface area contributed by atoms with Gasteiger partial charge in [0.05, 0.1) is 11.9 Å². The minimum atomic E-state index is -0.572. The van der Waals surface area contributed by atoms with Crippen LogP contribution >= 0.6 is 0 Å². The van der Waals surface area contributed by atoms with E-state index in [0.717, 1.165) is 17.8 Å². The van der Waals surface area contributed by atoms with E-state index in [1.807, 2.05) is 43.5 Å². The Labute approximate surface area is 139 Å². The number of amides is 1. The maximum absolute atomic E-state index is 12.7. The SMILES string of the molecule is CCn1cc(N[C@H](C(=O)Nc2cc(C)on2)c2ccccc2)cn1. The van der Waals surface area contributed by atoms with Gasteiger partial charge in [0.1, 0.15) is 11.8 Å². The number of hydrogen-bond donors (Lipinski definition) is 2. The fourth-order valence-electron chi connectivity index (χ4n) is 2.35. The Morgan fingerprint density at radius 3 is 2.75 bits per heavy atom. The standard InChI is InChI=1S/C17H19N5O2/c1-3-22-11-14(10-18-22)19-16(13-7-5-4-6-8-13)17(23)20-15-9-12(2)24-21-15/h4-11,16,19H,3H2,1-2H3,(H,20,21,23)/t16-/m0/s1. The lowest BCUT2D eigenvalue weighted by Crippen LogP contribution is -2.27. The zero-order valence-electron chi connectivity index (χ0n) is 13.6. The molecule has 1 amide bonds. The summed E-state index contributed by atoms with van der Waals surface area (Å²) in [5, 5.41) is 14.0. The summed E-state index contributed by atoms with van der Waals surface area (Å²) in [6.45, 7) is 4.54. The Hall–Kier alpha value is -3.09. The summed E-state index contributed by atoms with van der Waals surface area (Å²) in [6, 6.07) is 10.6. The van der Waals surface area contributed by atoms with E-state index in [0.29, 0.717) is 11.6 Å². The van der Waals surface area contributed by atoms with Gasteiger partial charge in [-0.1, -0.05) is 35.5 Å². The van der Waals surface area contributed by atoms with Crippen molar-refractivity contribution in [2.24, 2.45) is 0 Å². The van der Waals surface area contributed by atoms with Crippen molar-refractivity contribution in [2.45, 2.75) is 26.4 Å². The number of anilines is 2. The minimum absolute atomic E-state index is 0.223. The molecule has 1 atom stereocenters. The molecular weight excluding hydrogens is 306 g/mol. The molecule has 0 unspecified atom stereocenters. The molecule has 2 aromatic heterocycles. The van der Waals surface area contributed by atoms with Gasteiger partial charge in [-0.25, -0.2) is 0 Å². The van der Waals surface area contributed by atoms with Crippen molar-refractivity contribution in [1.29, 1.82) is 0 Å². The molecule has 2 heterocycles. The van der Waals surface area contributed by atoms with E-state index in [9.17, 15) is 4.79 Å².